The Hall–Kier alpha value is -2.97. The van der Waals surface area contributed by atoms with Crippen LogP contribution in [-0.2, 0) is 4.74 Å². The van der Waals surface area contributed by atoms with Gasteiger partial charge in [-0.15, -0.1) is 0 Å². The third-order valence-corrected chi connectivity index (χ3v) is 3.97. The van der Waals surface area contributed by atoms with Crippen LogP contribution < -0.4 is 10.6 Å². The first kappa shape index (κ1) is 18.8. The van der Waals surface area contributed by atoms with Gasteiger partial charge in [-0.2, -0.15) is 9.78 Å². The van der Waals surface area contributed by atoms with Gasteiger partial charge in [0, 0.05) is 18.0 Å². The number of aliphatic hydroxyl groups excluding tert-OH is 1. The van der Waals surface area contributed by atoms with Crippen LogP contribution >= 0.6 is 0 Å². The van der Waals surface area contributed by atoms with Gasteiger partial charge in [0.25, 0.3) is 0 Å². The van der Waals surface area contributed by atoms with E-state index in [0.29, 0.717) is 24.8 Å². The number of urea groups is 1. The smallest absolute Gasteiger partial charge is 0.320 e. The van der Waals surface area contributed by atoms with Crippen LogP contribution in [0.25, 0.3) is 16.7 Å². The van der Waals surface area contributed by atoms with Crippen molar-refractivity contribution in [2.24, 2.45) is 0 Å². The fourth-order valence-electron chi connectivity index (χ4n) is 2.77. The van der Waals surface area contributed by atoms with Crippen LogP contribution in [0.15, 0.2) is 36.4 Å². The SMILES string of the molecule is Cc1cc(NC(=O)NCCOCCO)n(-c2cc(C)c3ccccc3n2)n1. The van der Waals surface area contributed by atoms with Crippen LogP contribution in [0.5, 0.6) is 0 Å². The second-order valence-corrected chi connectivity index (χ2v) is 6.11. The molecule has 2 aromatic heterocycles. The maximum Gasteiger partial charge on any atom is 0.320 e. The van der Waals surface area contributed by atoms with Crippen LogP contribution in [0, 0.1) is 13.8 Å². The molecule has 0 aliphatic heterocycles. The highest BCUT2D eigenvalue weighted by Crippen LogP contribution is 2.22. The van der Waals surface area contributed by atoms with Crippen molar-refractivity contribution in [1.29, 1.82) is 0 Å². The van der Waals surface area contributed by atoms with Crippen LogP contribution in [0.1, 0.15) is 11.3 Å². The summed E-state index contributed by atoms with van der Waals surface area (Å²) in [6, 6.07) is 11.3. The number of nitrogens with zero attached hydrogens (tertiary/aromatic N) is 3. The molecule has 2 heterocycles. The van der Waals surface area contributed by atoms with E-state index < -0.39 is 0 Å². The fraction of sp³-hybridized carbons (Fsp3) is 0.316. The Labute approximate surface area is 157 Å². The largest absolute Gasteiger partial charge is 0.394 e. The molecule has 0 spiro atoms. The number of rotatable bonds is 7. The number of carbonyl (C=O) groups excluding carboxylic acids is 1. The van der Waals surface area contributed by atoms with Gasteiger partial charge >= 0.3 is 6.03 Å². The van der Waals surface area contributed by atoms with Crippen molar-refractivity contribution in [2.75, 3.05) is 31.7 Å². The predicted molar refractivity (Wildman–Crippen MR) is 103 cm³/mol. The van der Waals surface area contributed by atoms with Crippen LogP contribution in [-0.4, -0.2) is 52.3 Å². The van der Waals surface area contributed by atoms with Gasteiger partial charge in [-0.05, 0) is 31.5 Å². The van der Waals surface area contributed by atoms with Crippen LogP contribution in [0.2, 0.25) is 0 Å². The molecule has 0 fully saturated rings. The van der Waals surface area contributed by atoms with E-state index in [-0.39, 0.29) is 19.2 Å². The standard InChI is InChI=1S/C19H23N5O3/c1-13-11-17(21-16-6-4-3-5-15(13)16)24-18(12-14(2)23-24)22-19(26)20-7-9-27-10-8-25/h3-6,11-12,25H,7-10H2,1-2H3,(H2,20,22,26). The molecule has 0 saturated heterocycles. The first-order valence-corrected chi connectivity index (χ1v) is 8.75. The number of amides is 2. The number of para-hydroxylation sites is 1. The molecule has 0 bridgehead atoms. The van der Waals surface area contributed by atoms with E-state index >= 15 is 0 Å². The fourth-order valence-corrected chi connectivity index (χ4v) is 2.77. The number of carbonyl (C=O) groups is 1. The van der Waals surface area contributed by atoms with Crippen molar-refractivity contribution >= 4 is 22.8 Å². The molecule has 8 nitrogen and oxygen atoms in total. The average Bonchev–Trinajstić information content (AvgIpc) is 3.01. The average molecular weight is 369 g/mol. The van der Waals surface area contributed by atoms with E-state index in [2.05, 4.69) is 20.7 Å². The number of anilines is 1. The molecule has 0 saturated carbocycles. The quantitative estimate of drug-likeness (QED) is 0.554. The Morgan fingerprint density at radius 2 is 2.04 bits per heavy atom. The van der Waals surface area contributed by atoms with Crippen molar-refractivity contribution in [3.63, 3.8) is 0 Å². The molecule has 3 rings (SSSR count). The number of fused-ring (bicyclic) bond motifs is 1. The number of aliphatic hydroxyl groups is 1. The summed E-state index contributed by atoms with van der Waals surface area (Å²) >= 11 is 0. The maximum atomic E-state index is 12.1. The summed E-state index contributed by atoms with van der Waals surface area (Å²) in [6.07, 6.45) is 0. The number of benzene rings is 1. The molecule has 0 radical (unpaired) electrons. The van der Waals surface area contributed by atoms with Crippen molar-refractivity contribution in [2.45, 2.75) is 13.8 Å². The lowest BCUT2D eigenvalue weighted by atomic mass is 10.1. The topological polar surface area (TPSA) is 101 Å². The Kier molecular flexibility index (Phi) is 6.00. The van der Waals surface area contributed by atoms with Gasteiger partial charge in [0.1, 0.15) is 5.82 Å². The Morgan fingerprint density at radius 1 is 1.22 bits per heavy atom. The van der Waals surface area contributed by atoms with Crippen molar-refractivity contribution in [3.05, 3.63) is 47.7 Å². The molecule has 0 unspecified atom stereocenters. The third-order valence-electron chi connectivity index (χ3n) is 3.97. The van der Waals surface area contributed by atoms with Gasteiger partial charge < -0.3 is 15.2 Å². The monoisotopic (exact) mass is 369 g/mol. The molecular weight excluding hydrogens is 346 g/mol. The lowest BCUT2D eigenvalue weighted by Gasteiger charge is -2.11. The second kappa shape index (κ2) is 8.61. The van der Waals surface area contributed by atoms with Gasteiger partial charge in [0.15, 0.2) is 5.82 Å². The number of hydrogen-bond donors (Lipinski definition) is 3. The summed E-state index contributed by atoms with van der Waals surface area (Å²) in [5.74, 6) is 1.17. The number of ether oxygens (including phenoxy) is 1. The number of nitrogens with one attached hydrogen (secondary N) is 2. The highest BCUT2D eigenvalue weighted by Gasteiger charge is 2.13. The molecule has 3 aromatic rings. The van der Waals surface area contributed by atoms with E-state index in [1.165, 1.54) is 0 Å². The van der Waals surface area contributed by atoms with Gasteiger partial charge in [-0.3, -0.25) is 5.32 Å². The number of aryl methyl sites for hydroxylation is 2. The lowest BCUT2D eigenvalue weighted by Crippen LogP contribution is -2.32. The maximum absolute atomic E-state index is 12.1. The van der Waals surface area contributed by atoms with Gasteiger partial charge in [-0.25, -0.2) is 9.78 Å². The summed E-state index contributed by atoms with van der Waals surface area (Å²) in [5.41, 5.74) is 2.72. The highest BCUT2D eigenvalue weighted by molar-refractivity contribution is 5.89. The lowest BCUT2D eigenvalue weighted by molar-refractivity contribution is 0.0950. The Balaban J connectivity index is 1.77. The van der Waals surface area contributed by atoms with Gasteiger partial charge in [0.2, 0.25) is 0 Å². The minimum absolute atomic E-state index is 0.0389. The minimum Gasteiger partial charge on any atom is -0.394 e. The zero-order valence-corrected chi connectivity index (χ0v) is 15.4. The van der Waals surface area contributed by atoms with Crippen molar-refractivity contribution in [1.82, 2.24) is 20.1 Å². The summed E-state index contributed by atoms with van der Waals surface area (Å²) in [7, 11) is 0. The van der Waals surface area contributed by atoms with E-state index in [1.807, 2.05) is 44.2 Å². The number of hydrogen-bond acceptors (Lipinski definition) is 5. The molecule has 0 aliphatic rings. The van der Waals surface area contributed by atoms with E-state index in [0.717, 1.165) is 22.2 Å². The van der Waals surface area contributed by atoms with E-state index in [1.54, 1.807) is 10.7 Å². The Morgan fingerprint density at radius 3 is 2.85 bits per heavy atom. The molecule has 1 aromatic carbocycles. The zero-order valence-electron chi connectivity index (χ0n) is 15.4. The van der Waals surface area contributed by atoms with Crippen LogP contribution in [0.4, 0.5) is 10.6 Å². The molecule has 0 aliphatic carbocycles. The van der Waals surface area contributed by atoms with E-state index in [9.17, 15) is 4.79 Å². The molecule has 2 amide bonds. The first-order valence-electron chi connectivity index (χ1n) is 8.75. The molecule has 142 valence electrons. The second-order valence-electron chi connectivity index (χ2n) is 6.11. The minimum atomic E-state index is -0.360. The van der Waals surface area contributed by atoms with Gasteiger partial charge in [0.05, 0.1) is 31.0 Å². The summed E-state index contributed by atoms with van der Waals surface area (Å²) < 4.78 is 6.74. The molecule has 0 atom stereocenters. The van der Waals surface area contributed by atoms with Crippen molar-refractivity contribution < 1.29 is 14.6 Å². The van der Waals surface area contributed by atoms with Crippen molar-refractivity contribution in [3.8, 4) is 5.82 Å². The molecule has 27 heavy (non-hydrogen) atoms. The summed E-state index contributed by atoms with van der Waals surface area (Å²) in [6.45, 7) is 4.77. The normalized spacial score (nSPS) is 10.9. The summed E-state index contributed by atoms with van der Waals surface area (Å²) in [4.78, 5) is 16.8. The summed E-state index contributed by atoms with van der Waals surface area (Å²) in [5, 5.41) is 19.7. The molecule has 8 heteroatoms. The Bertz CT molecular complexity index is 938. The van der Waals surface area contributed by atoms with Crippen LogP contribution in [0.3, 0.4) is 0 Å². The molecular formula is C19H23N5O3. The number of aromatic nitrogens is 3. The predicted octanol–water partition coefficient (Wildman–Crippen LogP) is 2.17. The third kappa shape index (κ3) is 4.60. The van der Waals surface area contributed by atoms with E-state index in [4.69, 9.17) is 9.84 Å². The first-order chi connectivity index (χ1) is 13.1. The zero-order chi connectivity index (χ0) is 19.2. The van der Waals surface area contributed by atoms with Gasteiger partial charge in [-0.1, -0.05) is 18.2 Å². The highest BCUT2D eigenvalue weighted by atomic mass is 16.5. The number of pyridine rings is 1. The molecule has 3 N–H and O–H groups in total.